The summed E-state index contributed by atoms with van der Waals surface area (Å²) in [6.07, 6.45) is 2.63. The molecule has 162 valence electrons. The van der Waals surface area contributed by atoms with Crippen molar-refractivity contribution in [2.45, 2.75) is 46.1 Å². The van der Waals surface area contributed by atoms with Gasteiger partial charge < -0.3 is 14.6 Å². The van der Waals surface area contributed by atoms with E-state index in [4.69, 9.17) is 10.1 Å². The zero-order valence-electron chi connectivity index (χ0n) is 18.6. The van der Waals surface area contributed by atoms with Gasteiger partial charge in [0, 0.05) is 79.5 Å². The average molecular weight is 413 g/mol. The molecule has 0 spiro atoms. The smallest absolute Gasteiger partial charge is 0.407 e. The number of piperazine rings is 1. The van der Waals surface area contributed by atoms with Crippen molar-refractivity contribution in [3.8, 4) is 11.1 Å². The van der Waals surface area contributed by atoms with Crippen LogP contribution in [0.25, 0.3) is 11.1 Å². The molecule has 1 aliphatic rings. The molecule has 0 unspecified atom stereocenters. The summed E-state index contributed by atoms with van der Waals surface area (Å²) in [5.74, 6) is 0. The number of carbonyl (C=O) groups is 1. The molecule has 2 aromatic rings. The Morgan fingerprint density at radius 3 is 2.43 bits per heavy atom. The predicted octanol–water partition coefficient (Wildman–Crippen LogP) is 2.93. The van der Waals surface area contributed by atoms with E-state index in [1.807, 2.05) is 19.2 Å². The van der Waals surface area contributed by atoms with Crippen molar-refractivity contribution in [2.24, 2.45) is 7.05 Å². The summed E-state index contributed by atoms with van der Waals surface area (Å²) in [4.78, 5) is 32.0. The molecule has 30 heavy (non-hydrogen) atoms. The number of amides is 1. The molecule has 0 saturated carbocycles. The summed E-state index contributed by atoms with van der Waals surface area (Å²) in [7, 11) is 1.78. The number of aromatic nitrogens is 2. The Kier molecular flexibility index (Phi) is 6.31. The minimum atomic E-state index is -0.842. The number of pyridine rings is 2. The first-order chi connectivity index (χ1) is 14.1. The second kappa shape index (κ2) is 8.60. The van der Waals surface area contributed by atoms with Gasteiger partial charge in [-0.2, -0.15) is 0 Å². The molecule has 3 rings (SSSR count). The van der Waals surface area contributed by atoms with E-state index in [-0.39, 0.29) is 11.1 Å². The van der Waals surface area contributed by atoms with Crippen molar-refractivity contribution >= 4 is 6.09 Å². The number of hydrogen-bond donors (Lipinski definition) is 1. The fourth-order valence-electron chi connectivity index (χ4n) is 4.26. The third-order valence-electron chi connectivity index (χ3n) is 6.06. The number of nitrogens with zero attached hydrogens (tertiary/aromatic N) is 4. The van der Waals surface area contributed by atoms with Gasteiger partial charge in [0.25, 0.3) is 5.56 Å². The minimum Gasteiger partial charge on any atom is -0.465 e. The molecule has 1 N–H and O–H groups in total. The van der Waals surface area contributed by atoms with Crippen LogP contribution in [0.2, 0.25) is 0 Å². The largest absolute Gasteiger partial charge is 0.465 e. The highest BCUT2D eigenvalue weighted by Gasteiger charge is 2.31. The van der Waals surface area contributed by atoms with Crippen LogP contribution < -0.4 is 5.56 Å². The van der Waals surface area contributed by atoms with E-state index in [0.717, 1.165) is 54.0 Å². The Balaban J connectivity index is 1.81. The van der Waals surface area contributed by atoms with Crippen molar-refractivity contribution < 1.29 is 9.90 Å². The predicted molar refractivity (Wildman–Crippen MR) is 118 cm³/mol. The molecule has 0 atom stereocenters. The van der Waals surface area contributed by atoms with Gasteiger partial charge in [-0.05, 0) is 39.3 Å². The standard InChI is InChI=1S/C23H32N4O3/c1-6-20-19(17-13-16(2)21(28)25(5)15-17)8-7-18(24-20)14-23(3,4)27-11-9-26(10-12-27)22(29)30/h7-8,13,15H,6,9-12,14H2,1-5H3,(H,29,30). The van der Waals surface area contributed by atoms with Crippen LogP contribution in [0.5, 0.6) is 0 Å². The van der Waals surface area contributed by atoms with E-state index < -0.39 is 6.09 Å². The van der Waals surface area contributed by atoms with Gasteiger partial charge in [0.15, 0.2) is 0 Å². The Morgan fingerprint density at radius 1 is 1.20 bits per heavy atom. The molecule has 0 bridgehead atoms. The highest BCUT2D eigenvalue weighted by atomic mass is 16.4. The average Bonchev–Trinajstić information content (AvgIpc) is 2.71. The molecule has 1 fully saturated rings. The van der Waals surface area contributed by atoms with Crippen molar-refractivity contribution in [3.63, 3.8) is 0 Å². The maximum absolute atomic E-state index is 12.0. The van der Waals surface area contributed by atoms with Gasteiger partial charge in [-0.1, -0.05) is 13.0 Å². The molecule has 0 radical (unpaired) electrons. The number of rotatable bonds is 5. The summed E-state index contributed by atoms with van der Waals surface area (Å²) in [6.45, 7) is 10.9. The normalized spacial score (nSPS) is 15.4. The molecule has 1 saturated heterocycles. The van der Waals surface area contributed by atoms with Crippen LogP contribution in [-0.4, -0.2) is 62.3 Å². The maximum atomic E-state index is 12.0. The Labute approximate surface area is 178 Å². The Hall–Kier alpha value is -2.67. The molecule has 0 aromatic carbocycles. The van der Waals surface area contributed by atoms with E-state index in [9.17, 15) is 9.59 Å². The summed E-state index contributed by atoms with van der Waals surface area (Å²) >= 11 is 0. The van der Waals surface area contributed by atoms with E-state index in [0.29, 0.717) is 13.1 Å². The van der Waals surface area contributed by atoms with Crippen molar-refractivity contribution in [3.05, 3.63) is 51.7 Å². The summed E-state index contributed by atoms with van der Waals surface area (Å²) in [6, 6.07) is 6.12. The lowest BCUT2D eigenvalue weighted by atomic mass is 9.93. The third kappa shape index (κ3) is 4.56. The Morgan fingerprint density at radius 2 is 1.87 bits per heavy atom. The zero-order valence-corrected chi connectivity index (χ0v) is 18.6. The van der Waals surface area contributed by atoms with Crippen LogP contribution in [-0.2, 0) is 19.9 Å². The molecular formula is C23H32N4O3. The first kappa shape index (κ1) is 22.0. The first-order valence-electron chi connectivity index (χ1n) is 10.5. The van der Waals surface area contributed by atoms with E-state index in [1.165, 1.54) is 4.90 Å². The van der Waals surface area contributed by atoms with E-state index in [2.05, 4.69) is 37.8 Å². The molecule has 7 nitrogen and oxygen atoms in total. The molecule has 0 aliphatic carbocycles. The quantitative estimate of drug-likeness (QED) is 0.817. The van der Waals surface area contributed by atoms with Crippen LogP contribution in [0.4, 0.5) is 4.79 Å². The molecule has 2 aromatic heterocycles. The van der Waals surface area contributed by atoms with Gasteiger partial charge >= 0.3 is 6.09 Å². The maximum Gasteiger partial charge on any atom is 0.407 e. The lowest BCUT2D eigenvalue weighted by Gasteiger charge is -2.43. The van der Waals surface area contributed by atoms with Gasteiger partial charge in [0.2, 0.25) is 0 Å². The molecule has 3 heterocycles. The fourth-order valence-corrected chi connectivity index (χ4v) is 4.26. The lowest BCUT2D eigenvalue weighted by Crippen LogP contribution is -2.56. The third-order valence-corrected chi connectivity index (χ3v) is 6.06. The number of hydrogen-bond acceptors (Lipinski definition) is 4. The van der Waals surface area contributed by atoms with Crippen LogP contribution >= 0.6 is 0 Å². The highest BCUT2D eigenvalue weighted by molar-refractivity contribution is 5.66. The number of aryl methyl sites for hydroxylation is 3. The highest BCUT2D eigenvalue weighted by Crippen LogP contribution is 2.26. The second-order valence-corrected chi connectivity index (χ2v) is 8.72. The van der Waals surface area contributed by atoms with Crippen LogP contribution in [0.3, 0.4) is 0 Å². The monoisotopic (exact) mass is 412 g/mol. The second-order valence-electron chi connectivity index (χ2n) is 8.72. The summed E-state index contributed by atoms with van der Waals surface area (Å²) < 4.78 is 1.62. The van der Waals surface area contributed by atoms with Crippen LogP contribution in [0, 0.1) is 6.92 Å². The number of carboxylic acid groups (broad SMARTS) is 1. The van der Waals surface area contributed by atoms with Gasteiger partial charge in [-0.25, -0.2) is 4.79 Å². The van der Waals surface area contributed by atoms with Crippen LogP contribution in [0.15, 0.2) is 29.2 Å². The molecular weight excluding hydrogens is 380 g/mol. The topological polar surface area (TPSA) is 78.7 Å². The van der Waals surface area contributed by atoms with E-state index in [1.54, 1.807) is 11.6 Å². The van der Waals surface area contributed by atoms with Gasteiger partial charge in [0.1, 0.15) is 0 Å². The lowest BCUT2D eigenvalue weighted by molar-refractivity contribution is 0.0510. The fraction of sp³-hybridized carbons (Fsp3) is 0.522. The molecule has 1 aliphatic heterocycles. The van der Waals surface area contributed by atoms with Crippen LogP contribution in [0.1, 0.15) is 37.7 Å². The first-order valence-corrected chi connectivity index (χ1v) is 10.5. The van der Waals surface area contributed by atoms with Crippen molar-refractivity contribution in [1.82, 2.24) is 19.4 Å². The minimum absolute atomic E-state index is 0.0196. The summed E-state index contributed by atoms with van der Waals surface area (Å²) in [5.41, 5.74) is 4.76. The summed E-state index contributed by atoms with van der Waals surface area (Å²) in [5, 5.41) is 9.17. The zero-order chi connectivity index (χ0) is 22.1. The Bertz CT molecular complexity index is 962. The molecule has 7 heteroatoms. The van der Waals surface area contributed by atoms with Gasteiger partial charge in [-0.15, -0.1) is 0 Å². The molecule has 1 amide bonds. The van der Waals surface area contributed by atoms with Crippen molar-refractivity contribution in [1.29, 1.82) is 0 Å². The van der Waals surface area contributed by atoms with Gasteiger partial charge in [-0.3, -0.25) is 14.7 Å². The van der Waals surface area contributed by atoms with E-state index >= 15 is 0 Å². The van der Waals surface area contributed by atoms with Crippen molar-refractivity contribution in [2.75, 3.05) is 26.2 Å². The SMILES string of the molecule is CCc1nc(CC(C)(C)N2CCN(C(=O)O)CC2)ccc1-c1cc(C)c(=O)n(C)c1. The van der Waals surface area contributed by atoms with Gasteiger partial charge in [0.05, 0.1) is 0 Å².